The van der Waals surface area contributed by atoms with Crippen LogP contribution in [-0.2, 0) is 16.1 Å². The van der Waals surface area contributed by atoms with Gasteiger partial charge in [0.05, 0.1) is 12.8 Å². The Morgan fingerprint density at radius 1 is 1.07 bits per heavy atom. The van der Waals surface area contributed by atoms with E-state index in [9.17, 15) is 9.59 Å². The molecule has 0 unspecified atom stereocenters. The quantitative estimate of drug-likeness (QED) is 0.513. The van der Waals surface area contributed by atoms with Crippen LogP contribution in [0.4, 0.5) is 5.69 Å². The summed E-state index contributed by atoms with van der Waals surface area (Å²) >= 11 is 7.01. The number of anilines is 1. The molecule has 0 saturated heterocycles. The molecule has 0 radical (unpaired) electrons. The molecule has 2 aromatic carbocycles. The lowest BCUT2D eigenvalue weighted by Crippen LogP contribution is -2.20. The molecule has 0 bridgehead atoms. The van der Waals surface area contributed by atoms with Gasteiger partial charge in [-0.15, -0.1) is 11.3 Å². The van der Waals surface area contributed by atoms with Crippen molar-refractivity contribution in [2.75, 3.05) is 19.0 Å². The maximum Gasteiger partial charge on any atom is 0.350 e. The molecule has 0 aliphatic rings. The molecule has 3 rings (SSSR count). The van der Waals surface area contributed by atoms with E-state index in [1.165, 1.54) is 11.3 Å². The number of hydrogen-bond acceptors (Lipinski definition) is 7. The first-order valence-electron chi connectivity index (χ1n) is 8.90. The molecule has 0 saturated carbocycles. The van der Waals surface area contributed by atoms with Gasteiger partial charge in [0.2, 0.25) is 0 Å². The Morgan fingerprint density at radius 2 is 1.73 bits per heavy atom. The van der Waals surface area contributed by atoms with Gasteiger partial charge < -0.3 is 19.5 Å². The van der Waals surface area contributed by atoms with Gasteiger partial charge in [0.25, 0.3) is 5.91 Å². The van der Waals surface area contributed by atoms with Crippen molar-refractivity contribution >= 4 is 40.5 Å². The summed E-state index contributed by atoms with van der Waals surface area (Å²) in [5.74, 6) is 0.275. The van der Waals surface area contributed by atoms with Gasteiger partial charge in [0.1, 0.15) is 28.0 Å². The molecule has 1 N–H and O–H groups in total. The van der Waals surface area contributed by atoms with Gasteiger partial charge in [-0.25, -0.2) is 9.78 Å². The highest BCUT2D eigenvalue weighted by Gasteiger charge is 2.18. The summed E-state index contributed by atoms with van der Waals surface area (Å²) in [6.07, 6.45) is 0. The van der Waals surface area contributed by atoms with E-state index in [0.29, 0.717) is 37.8 Å². The third kappa shape index (κ3) is 5.95. The number of aryl methyl sites for hydroxylation is 1. The normalized spacial score (nSPS) is 10.4. The summed E-state index contributed by atoms with van der Waals surface area (Å²) < 4.78 is 15.8. The highest BCUT2D eigenvalue weighted by atomic mass is 35.5. The summed E-state index contributed by atoms with van der Waals surface area (Å²) in [6.45, 7) is 1.51. The van der Waals surface area contributed by atoms with Crippen molar-refractivity contribution in [2.24, 2.45) is 0 Å². The lowest BCUT2D eigenvalue weighted by molar-refractivity contribution is -0.119. The van der Waals surface area contributed by atoms with E-state index in [2.05, 4.69) is 10.3 Å². The Labute approximate surface area is 182 Å². The molecule has 156 valence electrons. The average Bonchev–Trinajstić information content (AvgIpc) is 3.13. The zero-order valence-electron chi connectivity index (χ0n) is 16.3. The molecule has 0 atom stereocenters. The zero-order chi connectivity index (χ0) is 21.5. The van der Waals surface area contributed by atoms with Crippen molar-refractivity contribution in [3.8, 4) is 11.5 Å². The zero-order valence-corrected chi connectivity index (χ0v) is 17.9. The topological polar surface area (TPSA) is 86.8 Å². The smallest absolute Gasteiger partial charge is 0.350 e. The summed E-state index contributed by atoms with van der Waals surface area (Å²) in [6, 6.07) is 13.8. The maximum atomic E-state index is 12.3. The molecule has 1 aromatic heterocycles. The van der Waals surface area contributed by atoms with Crippen molar-refractivity contribution in [3.05, 3.63) is 69.1 Å². The van der Waals surface area contributed by atoms with Crippen molar-refractivity contribution in [3.63, 3.8) is 0 Å². The number of carbonyl (C=O) groups excluding carboxylic acids is 2. The van der Waals surface area contributed by atoms with Gasteiger partial charge in [-0.3, -0.25) is 4.79 Å². The molecule has 0 fully saturated rings. The van der Waals surface area contributed by atoms with Crippen LogP contribution in [-0.4, -0.2) is 30.6 Å². The Morgan fingerprint density at radius 3 is 2.40 bits per heavy atom. The molecule has 1 heterocycles. The SMILES string of the molecule is COc1ccc(NC(=O)COC(=O)c2sc(COc3ccc(Cl)cc3)nc2C)cc1. The number of aromatic nitrogens is 1. The standard InChI is InChI=1S/C21H19ClN2O5S/c1-13-20(30-19(23-13)12-28-17-7-3-14(22)4-8-17)21(26)29-11-18(25)24-15-5-9-16(27-2)10-6-15/h3-10H,11-12H2,1-2H3,(H,24,25). The second-order valence-corrected chi connectivity index (χ2v) is 7.64. The molecule has 3 aromatic rings. The summed E-state index contributed by atoms with van der Waals surface area (Å²) in [5, 5.41) is 3.89. The summed E-state index contributed by atoms with van der Waals surface area (Å²) in [7, 11) is 1.56. The molecular formula is C21H19ClN2O5S. The third-order valence-corrected chi connectivity index (χ3v) is 5.27. The van der Waals surface area contributed by atoms with Crippen molar-refractivity contribution in [1.29, 1.82) is 0 Å². The number of rotatable bonds is 8. The van der Waals surface area contributed by atoms with Gasteiger partial charge in [0, 0.05) is 10.7 Å². The van der Waals surface area contributed by atoms with Gasteiger partial charge in [-0.05, 0) is 55.5 Å². The molecule has 0 spiro atoms. The van der Waals surface area contributed by atoms with E-state index < -0.39 is 18.5 Å². The number of thiazole rings is 1. The number of carbonyl (C=O) groups is 2. The Balaban J connectivity index is 1.50. The van der Waals surface area contributed by atoms with Gasteiger partial charge >= 0.3 is 5.97 Å². The predicted molar refractivity (Wildman–Crippen MR) is 115 cm³/mol. The fourth-order valence-electron chi connectivity index (χ4n) is 2.45. The van der Waals surface area contributed by atoms with Crippen LogP contribution in [0, 0.1) is 6.92 Å². The number of esters is 1. The van der Waals surface area contributed by atoms with Crippen LogP contribution in [0.1, 0.15) is 20.4 Å². The van der Waals surface area contributed by atoms with Crippen LogP contribution in [0.5, 0.6) is 11.5 Å². The van der Waals surface area contributed by atoms with E-state index in [1.807, 2.05) is 0 Å². The molecule has 30 heavy (non-hydrogen) atoms. The maximum absolute atomic E-state index is 12.3. The van der Waals surface area contributed by atoms with Gasteiger partial charge in [-0.2, -0.15) is 0 Å². The number of benzene rings is 2. The molecule has 1 amide bonds. The number of hydrogen-bond donors (Lipinski definition) is 1. The minimum atomic E-state index is -0.604. The average molecular weight is 447 g/mol. The number of methoxy groups -OCH3 is 1. The second kappa shape index (κ2) is 10.1. The first-order chi connectivity index (χ1) is 14.4. The number of nitrogens with one attached hydrogen (secondary N) is 1. The summed E-state index contributed by atoms with van der Waals surface area (Å²) in [4.78, 5) is 29.0. The van der Waals surface area contributed by atoms with Crippen LogP contribution >= 0.6 is 22.9 Å². The first-order valence-corrected chi connectivity index (χ1v) is 10.1. The van der Waals surface area contributed by atoms with E-state index in [4.69, 9.17) is 25.8 Å². The van der Waals surface area contributed by atoms with Crippen LogP contribution in [0.25, 0.3) is 0 Å². The van der Waals surface area contributed by atoms with Crippen LogP contribution in [0.2, 0.25) is 5.02 Å². The predicted octanol–water partition coefficient (Wildman–Crippen LogP) is 4.49. The lowest BCUT2D eigenvalue weighted by atomic mass is 10.3. The number of halogens is 1. The van der Waals surface area contributed by atoms with Crippen LogP contribution in [0.3, 0.4) is 0 Å². The largest absolute Gasteiger partial charge is 0.497 e. The molecule has 0 aliphatic carbocycles. The number of amides is 1. The van der Waals surface area contributed by atoms with Crippen LogP contribution in [0.15, 0.2) is 48.5 Å². The highest BCUT2D eigenvalue weighted by molar-refractivity contribution is 7.13. The minimum Gasteiger partial charge on any atom is -0.497 e. The fourth-order valence-corrected chi connectivity index (χ4v) is 3.45. The van der Waals surface area contributed by atoms with Crippen LogP contribution < -0.4 is 14.8 Å². The monoisotopic (exact) mass is 446 g/mol. The van der Waals surface area contributed by atoms with E-state index in [1.54, 1.807) is 62.6 Å². The van der Waals surface area contributed by atoms with Crippen molar-refractivity contribution < 1.29 is 23.8 Å². The van der Waals surface area contributed by atoms with E-state index >= 15 is 0 Å². The Kier molecular flexibility index (Phi) is 7.26. The molecular weight excluding hydrogens is 428 g/mol. The second-order valence-electron chi connectivity index (χ2n) is 6.12. The van der Waals surface area contributed by atoms with Gasteiger partial charge in [0.15, 0.2) is 6.61 Å². The Bertz CT molecular complexity index is 1020. The Hall–Kier alpha value is -3.10. The highest BCUT2D eigenvalue weighted by Crippen LogP contribution is 2.22. The fraction of sp³-hybridized carbons (Fsp3) is 0.190. The first kappa shape index (κ1) is 21.6. The lowest BCUT2D eigenvalue weighted by Gasteiger charge is -2.07. The number of ether oxygens (including phenoxy) is 3. The van der Waals surface area contributed by atoms with Crippen molar-refractivity contribution in [1.82, 2.24) is 4.98 Å². The summed E-state index contributed by atoms with van der Waals surface area (Å²) in [5.41, 5.74) is 1.10. The van der Waals surface area contributed by atoms with Gasteiger partial charge in [-0.1, -0.05) is 11.6 Å². The number of nitrogens with zero attached hydrogens (tertiary/aromatic N) is 1. The van der Waals surface area contributed by atoms with Crippen molar-refractivity contribution in [2.45, 2.75) is 13.5 Å². The molecule has 7 nitrogen and oxygen atoms in total. The minimum absolute atomic E-state index is 0.207. The van der Waals surface area contributed by atoms with E-state index in [0.717, 1.165) is 0 Å². The third-order valence-electron chi connectivity index (χ3n) is 3.91. The molecule has 9 heteroatoms. The molecule has 0 aliphatic heterocycles. The van der Waals surface area contributed by atoms with E-state index in [-0.39, 0.29) is 6.61 Å².